The Bertz CT molecular complexity index is 321. The van der Waals surface area contributed by atoms with Gasteiger partial charge >= 0.3 is 5.97 Å². The van der Waals surface area contributed by atoms with E-state index in [9.17, 15) is 4.79 Å². The first kappa shape index (κ1) is 41.9. The van der Waals surface area contributed by atoms with E-state index in [2.05, 4.69) is 70.8 Å². The summed E-state index contributed by atoms with van der Waals surface area (Å²) in [7, 11) is 1.81. The zero-order valence-corrected chi connectivity index (χ0v) is 22.3. The second-order valence-electron chi connectivity index (χ2n) is 5.61. The van der Waals surface area contributed by atoms with Crippen LogP contribution in [0.15, 0.2) is 36.5 Å². The van der Waals surface area contributed by atoms with Crippen molar-refractivity contribution in [3.63, 3.8) is 0 Å². The number of esters is 1. The van der Waals surface area contributed by atoms with Crippen LogP contribution in [-0.4, -0.2) is 26.2 Å². The lowest BCUT2D eigenvalue weighted by Crippen LogP contribution is -2.15. The van der Waals surface area contributed by atoms with Crippen LogP contribution in [-0.2, 0) is 9.53 Å². The number of carbonyl (C=O) groups excluding carboxylic acids is 1. The second kappa shape index (κ2) is 50.4. The van der Waals surface area contributed by atoms with Gasteiger partial charge in [0.2, 0.25) is 0 Å². The second-order valence-corrected chi connectivity index (χ2v) is 5.61. The van der Waals surface area contributed by atoms with Gasteiger partial charge in [-0.05, 0) is 40.2 Å². The average Bonchev–Trinajstić information content (AvgIpc) is 2.75. The van der Waals surface area contributed by atoms with Crippen LogP contribution in [0.4, 0.5) is 0 Å². The van der Waals surface area contributed by atoms with E-state index in [1.165, 1.54) is 38.2 Å². The maximum absolute atomic E-state index is 10.1. The molecule has 0 aliphatic heterocycles. The Hall–Kier alpha value is -1.35. The van der Waals surface area contributed by atoms with Gasteiger partial charge in [-0.25, -0.2) is 0 Å². The summed E-state index contributed by atoms with van der Waals surface area (Å²) < 4.78 is 4.58. The molecule has 0 atom stereocenters. The Balaban J connectivity index is -0.0000000595. The van der Waals surface area contributed by atoms with Crippen LogP contribution in [0.5, 0.6) is 0 Å². The smallest absolute Gasteiger partial charge is 0.302 e. The van der Waals surface area contributed by atoms with Crippen LogP contribution in [0.25, 0.3) is 0 Å². The third-order valence-electron chi connectivity index (χ3n) is 2.82. The van der Waals surface area contributed by atoms with Gasteiger partial charge in [0.05, 0.1) is 0 Å². The van der Waals surface area contributed by atoms with Crippen LogP contribution in [0.3, 0.4) is 0 Å². The number of rotatable bonds is 8. The summed E-state index contributed by atoms with van der Waals surface area (Å²) in [5.74, 6) is -0.222. The molecule has 0 saturated carbocycles. The van der Waals surface area contributed by atoms with Crippen molar-refractivity contribution < 1.29 is 9.53 Å². The topological polar surface area (TPSA) is 38.3 Å². The summed E-state index contributed by atoms with van der Waals surface area (Å²) in [6, 6.07) is 0. The maximum Gasteiger partial charge on any atom is 0.302 e. The zero-order chi connectivity index (χ0) is 24.5. The molecule has 0 bridgehead atoms. The first-order valence-corrected chi connectivity index (χ1v) is 11.5. The van der Waals surface area contributed by atoms with Gasteiger partial charge in [0, 0.05) is 13.5 Å². The van der Waals surface area contributed by atoms with Gasteiger partial charge in [-0.2, -0.15) is 0 Å². The summed E-state index contributed by atoms with van der Waals surface area (Å²) in [4.78, 5) is 10.1. The number of likely N-dealkylation sites (N-methyl/N-ethyl adjacent to an activating group) is 1. The molecule has 0 heterocycles. The third-order valence-corrected chi connectivity index (χ3v) is 2.82. The Morgan fingerprint density at radius 1 is 1.03 bits per heavy atom. The fourth-order valence-corrected chi connectivity index (χ4v) is 1.04. The van der Waals surface area contributed by atoms with E-state index >= 15 is 0 Å². The number of allylic oxidation sites excluding steroid dienone is 4. The molecule has 0 aromatic rings. The van der Waals surface area contributed by atoms with Crippen LogP contribution in [0.2, 0.25) is 0 Å². The molecule has 178 valence electrons. The summed E-state index contributed by atoms with van der Waals surface area (Å²) >= 11 is 0. The molecule has 0 aromatic carbocycles. The lowest BCUT2D eigenvalue weighted by atomic mass is 10.1. The summed E-state index contributed by atoms with van der Waals surface area (Å²) in [5, 5.41) is 2.85. The molecular weight excluding hydrogens is 358 g/mol. The van der Waals surface area contributed by atoms with Crippen molar-refractivity contribution in [3.8, 4) is 0 Å². The van der Waals surface area contributed by atoms with Crippen molar-refractivity contribution in [2.75, 3.05) is 20.2 Å². The standard InChI is InChI=1S/C8H16.C6H10.C5H11NO2.C3H8.2C2H6/c1-4-6-7-8(3)5-2;1-4-6(3)5-2;1-5(7)8-4-3-6-2;1-3-2;2*1-2/h5H,4,6-7H2,1-3H3;4H,1,3,5H2,2H3;6H,3-4H2,1-2H3;3H2,1-2H3;2*1-2H3/b8-5+;;;;;. The lowest BCUT2D eigenvalue weighted by Gasteiger charge is -1.97. The third kappa shape index (κ3) is 86.9. The fraction of sp³-hybridized carbons (Fsp3) is 0.731. The Labute approximate surface area is 186 Å². The monoisotopic (exact) mass is 415 g/mol. The van der Waals surface area contributed by atoms with Gasteiger partial charge in [-0.1, -0.05) is 105 Å². The average molecular weight is 416 g/mol. The molecule has 1 N–H and O–H groups in total. The highest BCUT2D eigenvalue weighted by atomic mass is 16.5. The van der Waals surface area contributed by atoms with Crippen molar-refractivity contribution >= 4 is 5.97 Å². The Morgan fingerprint density at radius 3 is 1.69 bits per heavy atom. The summed E-state index contributed by atoms with van der Waals surface area (Å²) in [6.07, 6.45) is 10.2. The van der Waals surface area contributed by atoms with E-state index in [0.29, 0.717) is 6.61 Å². The van der Waals surface area contributed by atoms with Gasteiger partial charge in [-0.15, -0.1) is 0 Å². The molecule has 29 heavy (non-hydrogen) atoms. The van der Waals surface area contributed by atoms with Gasteiger partial charge in [-0.3, -0.25) is 4.79 Å². The van der Waals surface area contributed by atoms with E-state index in [-0.39, 0.29) is 5.97 Å². The van der Waals surface area contributed by atoms with Crippen molar-refractivity contribution in [3.05, 3.63) is 36.5 Å². The minimum Gasteiger partial charge on any atom is -0.465 e. The molecule has 0 fully saturated rings. The summed E-state index contributed by atoms with van der Waals surface area (Å²) in [6.45, 7) is 30.6. The lowest BCUT2D eigenvalue weighted by molar-refractivity contribution is -0.140. The number of hydrogen-bond acceptors (Lipinski definition) is 3. The fourth-order valence-electron chi connectivity index (χ4n) is 1.04. The van der Waals surface area contributed by atoms with E-state index < -0.39 is 0 Å². The van der Waals surface area contributed by atoms with Crippen molar-refractivity contribution in [2.45, 2.75) is 108 Å². The molecule has 3 heteroatoms. The van der Waals surface area contributed by atoms with Crippen LogP contribution >= 0.6 is 0 Å². The van der Waals surface area contributed by atoms with Crippen molar-refractivity contribution in [2.24, 2.45) is 0 Å². The van der Waals surface area contributed by atoms with Crippen molar-refractivity contribution in [1.29, 1.82) is 0 Å². The quantitative estimate of drug-likeness (QED) is 0.187. The predicted molar refractivity (Wildman–Crippen MR) is 138 cm³/mol. The van der Waals surface area contributed by atoms with Crippen molar-refractivity contribution in [1.82, 2.24) is 5.32 Å². The molecule has 0 radical (unpaired) electrons. The maximum atomic E-state index is 10.1. The molecule has 0 saturated heterocycles. The minimum absolute atomic E-state index is 0.222. The number of hydrogen-bond donors (Lipinski definition) is 1. The molecule has 0 rings (SSSR count). The number of nitrogens with one attached hydrogen (secondary N) is 1. The Kier molecular flexibility index (Phi) is 72.8. The highest BCUT2D eigenvalue weighted by Crippen LogP contribution is 2.04. The van der Waals surface area contributed by atoms with E-state index in [1.54, 1.807) is 6.08 Å². The molecule has 0 amide bonds. The van der Waals surface area contributed by atoms with E-state index in [1.807, 2.05) is 34.7 Å². The number of unbranched alkanes of at least 4 members (excludes halogenated alkanes) is 1. The highest BCUT2D eigenvalue weighted by Gasteiger charge is 1.87. The molecule has 0 aromatic heterocycles. The van der Waals surface area contributed by atoms with Crippen LogP contribution in [0, 0.1) is 0 Å². The van der Waals surface area contributed by atoms with Gasteiger partial charge < -0.3 is 10.1 Å². The first-order chi connectivity index (χ1) is 13.8. The van der Waals surface area contributed by atoms with Gasteiger partial charge in [0.25, 0.3) is 0 Å². The molecule has 0 unspecified atom stereocenters. The van der Waals surface area contributed by atoms with Crippen LogP contribution in [0.1, 0.15) is 108 Å². The molecule has 3 nitrogen and oxygen atoms in total. The van der Waals surface area contributed by atoms with Crippen LogP contribution < -0.4 is 5.32 Å². The normalized spacial score (nSPS) is 8.34. The number of carbonyl (C=O) groups is 1. The zero-order valence-electron chi connectivity index (χ0n) is 22.3. The molecular formula is C26H57NO2. The van der Waals surface area contributed by atoms with E-state index in [0.717, 1.165) is 18.5 Å². The predicted octanol–water partition coefficient (Wildman–Crippen LogP) is 8.52. The largest absolute Gasteiger partial charge is 0.465 e. The summed E-state index contributed by atoms with van der Waals surface area (Å²) in [5.41, 5.74) is 2.63. The SMILES string of the molecule is C/C=C(\C)CCCC.C=CC(=C)CC.CC.CC.CCC.CNCCOC(C)=O. The molecule has 0 aliphatic rings. The number of ether oxygens (including phenoxy) is 1. The molecule has 0 spiro atoms. The molecule has 0 aliphatic carbocycles. The minimum atomic E-state index is -0.222. The first-order valence-electron chi connectivity index (χ1n) is 11.5. The highest BCUT2D eigenvalue weighted by molar-refractivity contribution is 5.65. The Morgan fingerprint density at radius 2 is 1.48 bits per heavy atom. The van der Waals surface area contributed by atoms with E-state index in [4.69, 9.17) is 0 Å². The van der Waals surface area contributed by atoms with Gasteiger partial charge in [0.15, 0.2) is 0 Å². The van der Waals surface area contributed by atoms with Gasteiger partial charge in [0.1, 0.15) is 6.61 Å².